The number of aliphatic carboxylic acids is 1. The molecule has 2 rings (SSSR count). The van der Waals surface area contributed by atoms with Crippen LogP contribution in [0.4, 0.5) is 4.79 Å². The third-order valence-corrected chi connectivity index (χ3v) is 5.80. The second-order valence-electron chi connectivity index (χ2n) is 8.54. The fourth-order valence-electron chi connectivity index (χ4n) is 4.00. The van der Waals surface area contributed by atoms with Crippen LogP contribution in [0.1, 0.15) is 19.3 Å². The van der Waals surface area contributed by atoms with Crippen LogP contribution in [0.2, 0.25) is 0 Å². The van der Waals surface area contributed by atoms with Crippen molar-refractivity contribution in [1.82, 2.24) is 16.0 Å². The van der Waals surface area contributed by atoms with Gasteiger partial charge in [-0.3, -0.25) is 4.79 Å². The lowest BCUT2D eigenvalue weighted by molar-refractivity contribution is -0.198. The lowest BCUT2D eigenvalue weighted by Crippen LogP contribution is -2.69. The molecule has 0 bridgehead atoms. The Morgan fingerprint density at radius 3 is 2.53 bits per heavy atom. The summed E-state index contributed by atoms with van der Waals surface area (Å²) >= 11 is 0. The van der Waals surface area contributed by atoms with Gasteiger partial charge in [0, 0.05) is 19.0 Å². The quantitative estimate of drug-likeness (QED) is 0.114. The third kappa shape index (κ3) is 7.60. The number of nitrogens with zero attached hydrogens (tertiary/aromatic N) is 1. The van der Waals surface area contributed by atoms with E-state index >= 15 is 0 Å². The Labute approximate surface area is 206 Å². The molecular formula is C19H36N8O9. The Morgan fingerprint density at radius 1 is 1.28 bits per heavy atom. The molecule has 0 aromatic carbocycles. The molecule has 1 fully saturated rings. The zero-order valence-corrected chi connectivity index (χ0v) is 19.5. The van der Waals surface area contributed by atoms with E-state index in [-0.39, 0.29) is 18.9 Å². The number of carboxylic acid groups (broad SMARTS) is 1. The van der Waals surface area contributed by atoms with Crippen LogP contribution in [0.15, 0.2) is 4.99 Å². The summed E-state index contributed by atoms with van der Waals surface area (Å²) in [5, 5.41) is 48.1. The number of guanidine groups is 1. The number of carbonyl (C=O) groups is 3. The summed E-state index contributed by atoms with van der Waals surface area (Å²) in [5.41, 5.74) is 21.9. The minimum absolute atomic E-state index is 0.119. The molecular weight excluding hydrogens is 484 g/mol. The summed E-state index contributed by atoms with van der Waals surface area (Å²) < 4.78 is 10.6. The van der Waals surface area contributed by atoms with Gasteiger partial charge in [-0.25, -0.2) is 14.6 Å². The Morgan fingerprint density at radius 2 is 1.97 bits per heavy atom. The SMILES string of the molecule is NCCCC(N)CC(=O)N[C@@H]1[C@H](O)[C@@H](OC(N)=O)[C@@H](CO)O[C@H]1NC1=NC(C(=O)O)C(C(O)CN)N1. The Bertz CT molecular complexity index is 803. The van der Waals surface area contributed by atoms with Crippen molar-refractivity contribution in [3.63, 3.8) is 0 Å². The molecule has 2 aliphatic heterocycles. The minimum Gasteiger partial charge on any atom is -0.480 e. The van der Waals surface area contributed by atoms with E-state index in [1.165, 1.54) is 0 Å². The Balaban J connectivity index is 2.25. The van der Waals surface area contributed by atoms with Crippen molar-refractivity contribution in [2.75, 3.05) is 19.7 Å². The van der Waals surface area contributed by atoms with Gasteiger partial charge in [-0.15, -0.1) is 0 Å². The molecule has 17 nitrogen and oxygen atoms in total. The zero-order chi connectivity index (χ0) is 27.0. The molecule has 4 unspecified atom stereocenters. The second kappa shape index (κ2) is 13.5. The van der Waals surface area contributed by atoms with E-state index in [0.717, 1.165) is 0 Å². The number of amides is 2. The van der Waals surface area contributed by atoms with E-state index in [4.69, 9.17) is 32.4 Å². The number of primary amides is 1. The largest absolute Gasteiger partial charge is 0.480 e. The molecule has 0 aromatic rings. The zero-order valence-electron chi connectivity index (χ0n) is 19.5. The average molecular weight is 521 g/mol. The predicted molar refractivity (Wildman–Crippen MR) is 123 cm³/mol. The number of carbonyl (C=O) groups excluding carboxylic acids is 2. The standard InChI is InChI=1S/C19H36N8O9/c20-3-1-2-7(22)4-10(30)24-13-14(31)15(36-18(23)34)9(6-28)35-16(13)27-19-25-11(8(29)5-21)12(26-19)17(32)33/h7-9,11-16,28-29,31H,1-6,20-22H2,(H2,23,34)(H,24,30)(H,32,33)(H2,25,26,27)/t7?,8?,9-,11?,12?,13-,14+,15+,16-/m1/s1. The minimum atomic E-state index is -1.62. The maximum absolute atomic E-state index is 12.6. The van der Waals surface area contributed by atoms with Crippen LogP contribution in [0, 0.1) is 0 Å². The molecule has 15 N–H and O–H groups in total. The van der Waals surface area contributed by atoms with Gasteiger partial charge in [0.05, 0.1) is 18.8 Å². The highest BCUT2D eigenvalue weighted by molar-refractivity contribution is 5.89. The van der Waals surface area contributed by atoms with Crippen LogP contribution in [0.25, 0.3) is 0 Å². The fraction of sp³-hybridized carbons (Fsp3) is 0.789. The van der Waals surface area contributed by atoms with Crippen LogP contribution in [-0.4, -0.2) is 119 Å². The van der Waals surface area contributed by atoms with E-state index < -0.39 is 79.4 Å². The molecule has 0 aliphatic carbocycles. The fourth-order valence-corrected chi connectivity index (χ4v) is 4.00. The van der Waals surface area contributed by atoms with E-state index in [0.29, 0.717) is 19.4 Å². The van der Waals surface area contributed by atoms with E-state index in [2.05, 4.69) is 20.9 Å². The molecule has 17 heteroatoms. The maximum Gasteiger partial charge on any atom is 0.404 e. The third-order valence-electron chi connectivity index (χ3n) is 5.80. The van der Waals surface area contributed by atoms with Crippen molar-refractivity contribution < 1.29 is 44.3 Å². The van der Waals surface area contributed by atoms with Gasteiger partial charge in [-0.2, -0.15) is 0 Å². The van der Waals surface area contributed by atoms with Gasteiger partial charge in [0.25, 0.3) is 0 Å². The van der Waals surface area contributed by atoms with Crippen LogP contribution >= 0.6 is 0 Å². The van der Waals surface area contributed by atoms with E-state index in [9.17, 15) is 34.8 Å². The molecule has 9 atom stereocenters. The van der Waals surface area contributed by atoms with Crippen molar-refractivity contribution in [2.45, 2.75) is 74.1 Å². The summed E-state index contributed by atoms with van der Waals surface area (Å²) in [6.07, 6.45) is -7.17. The molecule has 0 spiro atoms. The van der Waals surface area contributed by atoms with Crippen molar-refractivity contribution >= 4 is 23.9 Å². The van der Waals surface area contributed by atoms with E-state index in [1.807, 2.05) is 0 Å². The summed E-state index contributed by atoms with van der Waals surface area (Å²) in [6.45, 7) is -0.549. The molecule has 36 heavy (non-hydrogen) atoms. The first-order valence-corrected chi connectivity index (χ1v) is 11.4. The molecule has 0 saturated carbocycles. The highest BCUT2D eigenvalue weighted by atomic mass is 16.6. The van der Waals surface area contributed by atoms with Gasteiger partial charge in [0.2, 0.25) is 5.91 Å². The topological polar surface area (TPSA) is 303 Å². The molecule has 2 amide bonds. The summed E-state index contributed by atoms with van der Waals surface area (Å²) in [6, 6.07) is -4.28. The predicted octanol–water partition coefficient (Wildman–Crippen LogP) is -5.84. The van der Waals surface area contributed by atoms with Crippen molar-refractivity contribution in [1.29, 1.82) is 0 Å². The highest BCUT2D eigenvalue weighted by Crippen LogP contribution is 2.23. The van der Waals surface area contributed by atoms with E-state index in [1.54, 1.807) is 0 Å². The molecule has 206 valence electrons. The Hall–Kier alpha value is -2.80. The molecule has 2 heterocycles. The highest BCUT2D eigenvalue weighted by Gasteiger charge is 2.49. The summed E-state index contributed by atoms with van der Waals surface area (Å²) in [4.78, 5) is 39.5. The van der Waals surface area contributed by atoms with Crippen molar-refractivity contribution in [3.8, 4) is 0 Å². The Kier molecular flexibility index (Phi) is 11.0. The number of nitrogens with one attached hydrogen (secondary N) is 3. The van der Waals surface area contributed by atoms with Crippen LogP contribution < -0.4 is 38.9 Å². The molecule has 2 aliphatic rings. The number of hydrogen-bond acceptors (Lipinski definition) is 14. The van der Waals surface area contributed by atoms with Gasteiger partial charge in [-0.05, 0) is 19.4 Å². The lowest BCUT2D eigenvalue weighted by Gasteiger charge is -2.44. The molecule has 0 aromatic heterocycles. The number of nitrogens with two attached hydrogens (primary N) is 4. The lowest BCUT2D eigenvalue weighted by atomic mass is 9.95. The van der Waals surface area contributed by atoms with Crippen molar-refractivity contribution in [2.24, 2.45) is 27.9 Å². The first kappa shape index (κ1) is 29.4. The number of hydrogen-bond donors (Lipinski definition) is 11. The first-order valence-electron chi connectivity index (χ1n) is 11.4. The van der Waals surface area contributed by atoms with Crippen LogP contribution in [0.5, 0.6) is 0 Å². The molecule has 0 radical (unpaired) electrons. The number of aliphatic imine (C=N–C) groups is 1. The van der Waals surface area contributed by atoms with Crippen LogP contribution in [0.3, 0.4) is 0 Å². The average Bonchev–Trinajstić information content (AvgIpc) is 3.25. The number of ether oxygens (including phenoxy) is 2. The monoisotopic (exact) mass is 520 g/mol. The maximum atomic E-state index is 12.6. The second-order valence-corrected chi connectivity index (χ2v) is 8.54. The number of carboxylic acids is 1. The van der Waals surface area contributed by atoms with Gasteiger partial charge in [0.1, 0.15) is 18.2 Å². The molecule has 1 saturated heterocycles. The van der Waals surface area contributed by atoms with Gasteiger partial charge in [-0.1, -0.05) is 0 Å². The number of rotatable bonds is 12. The first-order chi connectivity index (χ1) is 17.0. The van der Waals surface area contributed by atoms with Crippen molar-refractivity contribution in [3.05, 3.63) is 0 Å². The normalized spacial score (nSPS) is 31.5. The van der Waals surface area contributed by atoms with Crippen LogP contribution in [-0.2, 0) is 19.1 Å². The van der Waals surface area contributed by atoms with Gasteiger partial charge in [0.15, 0.2) is 24.3 Å². The number of aliphatic hydroxyl groups is 3. The van der Waals surface area contributed by atoms with Gasteiger partial charge < -0.3 is 68.8 Å². The summed E-state index contributed by atoms with van der Waals surface area (Å²) in [5.74, 6) is -2.04. The summed E-state index contributed by atoms with van der Waals surface area (Å²) in [7, 11) is 0. The number of aliphatic hydroxyl groups excluding tert-OH is 3. The van der Waals surface area contributed by atoms with Gasteiger partial charge >= 0.3 is 12.1 Å². The smallest absolute Gasteiger partial charge is 0.404 e.